The summed E-state index contributed by atoms with van der Waals surface area (Å²) in [4.78, 5) is 15.1. The Balaban J connectivity index is 2.12. The standard InChI is InChI=1S/C15H24N4O2/c1-3-11-6-5-7-12(8-11)17-15-10-13(19(20)21)9-14(18-15)16-4-2/h9-12H,3-8H2,1-2H3,(H2,16,17,18). The van der Waals surface area contributed by atoms with Crippen molar-refractivity contribution in [3.05, 3.63) is 22.2 Å². The zero-order valence-electron chi connectivity index (χ0n) is 12.8. The van der Waals surface area contributed by atoms with Crippen LogP contribution in [0.3, 0.4) is 0 Å². The number of rotatable bonds is 6. The molecule has 0 radical (unpaired) electrons. The molecule has 1 aliphatic carbocycles. The summed E-state index contributed by atoms with van der Waals surface area (Å²) in [6, 6.07) is 3.37. The molecule has 1 fully saturated rings. The van der Waals surface area contributed by atoms with Gasteiger partial charge in [-0.15, -0.1) is 0 Å². The Morgan fingerprint density at radius 2 is 2.10 bits per heavy atom. The van der Waals surface area contributed by atoms with Crippen molar-refractivity contribution in [2.75, 3.05) is 17.2 Å². The SMILES string of the molecule is CCNc1cc([N+](=O)[O-])cc(NC2CCCC(CC)C2)n1. The van der Waals surface area contributed by atoms with E-state index in [0.29, 0.717) is 24.2 Å². The topological polar surface area (TPSA) is 80.1 Å². The van der Waals surface area contributed by atoms with Crippen molar-refractivity contribution in [1.29, 1.82) is 0 Å². The number of nitrogens with one attached hydrogen (secondary N) is 2. The zero-order chi connectivity index (χ0) is 15.2. The lowest BCUT2D eigenvalue weighted by atomic mass is 9.84. The third-order valence-corrected chi connectivity index (χ3v) is 4.09. The Morgan fingerprint density at radius 1 is 1.33 bits per heavy atom. The summed E-state index contributed by atoms with van der Waals surface area (Å²) in [6.45, 7) is 4.86. The van der Waals surface area contributed by atoms with Gasteiger partial charge in [-0.05, 0) is 25.7 Å². The molecule has 1 aliphatic rings. The molecular formula is C15H24N4O2. The Bertz CT molecular complexity index is 493. The van der Waals surface area contributed by atoms with Crippen molar-refractivity contribution in [2.45, 2.75) is 52.0 Å². The maximum absolute atomic E-state index is 11.0. The Kier molecular flexibility index (Phi) is 5.36. The van der Waals surface area contributed by atoms with Crippen LogP contribution < -0.4 is 10.6 Å². The first-order chi connectivity index (χ1) is 10.1. The van der Waals surface area contributed by atoms with E-state index in [0.717, 1.165) is 18.8 Å². The lowest BCUT2D eigenvalue weighted by Crippen LogP contribution is -2.27. The molecule has 0 amide bonds. The van der Waals surface area contributed by atoms with Gasteiger partial charge < -0.3 is 10.6 Å². The van der Waals surface area contributed by atoms with Gasteiger partial charge in [-0.1, -0.05) is 26.2 Å². The average molecular weight is 292 g/mol. The quantitative estimate of drug-likeness (QED) is 0.615. The Morgan fingerprint density at radius 3 is 2.76 bits per heavy atom. The number of anilines is 2. The molecule has 0 saturated heterocycles. The third-order valence-electron chi connectivity index (χ3n) is 4.09. The van der Waals surface area contributed by atoms with Crippen LogP contribution in [0.1, 0.15) is 46.0 Å². The fraction of sp³-hybridized carbons (Fsp3) is 0.667. The molecule has 2 unspecified atom stereocenters. The third kappa shape index (κ3) is 4.31. The second kappa shape index (κ2) is 7.24. The molecule has 1 saturated carbocycles. The number of pyridine rings is 1. The highest BCUT2D eigenvalue weighted by molar-refractivity contribution is 5.55. The van der Waals surface area contributed by atoms with E-state index >= 15 is 0 Å². The molecule has 6 heteroatoms. The highest BCUT2D eigenvalue weighted by Crippen LogP contribution is 2.29. The maximum Gasteiger partial charge on any atom is 0.276 e. The molecule has 1 heterocycles. The molecular weight excluding hydrogens is 268 g/mol. The van der Waals surface area contributed by atoms with Gasteiger partial charge in [0.2, 0.25) is 0 Å². The summed E-state index contributed by atoms with van der Waals surface area (Å²) in [5, 5.41) is 17.5. The lowest BCUT2D eigenvalue weighted by Gasteiger charge is -2.29. The monoisotopic (exact) mass is 292 g/mol. The minimum Gasteiger partial charge on any atom is -0.370 e. The number of hydrogen-bond donors (Lipinski definition) is 2. The van der Waals surface area contributed by atoms with Gasteiger partial charge in [-0.25, -0.2) is 4.98 Å². The highest BCUT2D eigenvalue weighted by atomic mass is 16.6. The minimum absolute atomic E-state index is 0.0753. The second-order valence-corrected chi connectivity index (χ2v) is 5.67. The van der Waals surface area contributed by atoms with Crippen LogP contribution in [0, 0.1) is 16.0 Å². The van der Waals surface area contributed by atoms with Crippen LogP contribution in [0.4, 0.5) is 17.3 Å². The van der Waals surface area contributed by atoms with Crippen LogP contribution in [-0.2, 0) is 0 Å². The highest BCUT2D eigenvalue weighted by Gasteiger charge is 2.21. The number of aromatic nitrogens is 1. The van der Waals surface area contributed by atoms with Crippen molar-refractivity contribution in [3.8, 4) is 0 Å². The fourth-order valence-electron chi connectivity index (χ4n) is 2.97. The first-order valence-electron chi connectivity index (χ1n) is 7.79. The number of hydrogen-bond acceptors (Lipinski definition) is 5. The Hall–Kier alpha value is -1.85. The predicted octanol–water partition coefficient (Wildman–Crippen LogP) is 3.80. The van der Waals surface area contributed by atoms with Crippen LogP contribution in [0.5, 0.6) is 0 Å². The summed E-state index contributed by atoms with van der Waals surface area (Å²) in [6.07, 6.45) is 5.93. The molecule has 0 aliphatic heterocycles. The number of nitrogens with zero attached hydrogens (tertiary/aromatic N) is 2. The molecule has 2 rings (SSSR count). The average Bonchev–Trinajstić information content (AvgIpc) is 2.47. The summed E-state index contributed by atoms with van der Waals surface area (Å²) in [5.41, 5.74) is 0.0753. The van der Waals surface area contributed by atoms with E-state index in [1.54, 1.807) is 0 Å². The summed E-state index contributed by atoms with van der Waals surface area (Å²) >= 11 is 0. The minimum atomic E-state index is -0.372. The first kappa shape index (κ1) is 15.5. The zero-order valence-corrected chi connectivity index (χ0v) is 12.8. The molecule has 2 atom stereocenters. The summed E-state index contributed by atoms with van der Waals surface area (Å²) in [7, 11) is 0. The normalized spacial score (nSPS) is 21.8. The van der Waals surface area contributed by atoms with Gasteiger partial charge in [0.1, 0.15) is 11.6 Å². The molecule has 0 aromatic carbocycles. The molecule has 21 heavy (non-hydrogen) atoms. The molecule has 1 aromatic heterocycles. The van der Waals surface area contributed by atoms with Crippen molar-refractivity contribution >= 4 is 17.3 Å². The van der Waals surface area contributed by atoms with E-state index in [1.807, 2.05) is 6.92 Å². The van der Waals surface area contributed by atoms with E-state index in [1.165, 1.54) is 31.4 Å². The van der Waals surface area contributed by atoms with E-state index in [-0.39, 0.29) is 10.6 Å². The van der Waals surface area contributed by atoms with Crippen molar-refractivity contribution in [3.63, 3.8) is 0 Å². The largest absolute Gasteiger partial charge is 0.370 e. The van der Waals surface area contributed by atoms with Crippen LogP contribution >= 0.6 is 0 Å². The van der Waals surface area contributed by atoms with Gasteiger partial charge in [0, 0.05) is 12.6 Å². The van der Waals surface area contributed by atoms with Crippen molar-refractivity contribution < 1.29 is 4.92 Å². The van der Waals surface area contributed by atoms with Crippen LogP contribution in [0.15, 0.2) is 12.1 Å². The molecule has 0 spiro atoms. The van der Waals surface area contributed by atoms with Gasteiger partial charge in [-0.3, -0.25) is 10.1 Å². The van der Waals surface area contributed by atoms with E-state index in [4.69, 9.17) is 0 Å². The predicted molar refractivity (Wildman–Crippen MR) is 84.7 cm³/mol. The number of nitro groups is 1. The summed E-state index contributed by atoms with van der Waals surface area (Å²) in [5.74, 6) is 1.90. The van der Waals surface area contributed by atoms with Crippen LogP contribution in [-0.4, -0.2) is 22.5 Å². The molecule has 0 bridgehead atoms. The molecule has 2 N–H and O–H groups in total. The van der Waals surface area contributed by atoms with Gasteiger partial charge in [-0.2, -0.15) is 0 Å². The summed E-state index contributed by atoms with van der Waals surface area (Å²) < 4.78 is 0. The smallest absolute Gasteiger partial charge is 0.276 e. The molecule has 1 aromatic rings. The maximum atomic E-state index is 11.0. The van der Waals surface area contributed by atoms with E-state index < -0.39 is 0 Å². The fourth-order valence-corrected chi connectivity index (χ4v) is 2.97. The van der Waals surface area contributed by atoms with Gasteiger partial charge in [0.15, 0.2) is 0 Å². The Labute approximate surface area is 125 Å². The second-order valence-electron chi connectivity index (χ2n) is 5.67. The van der Waals surface area contributed by atoms with Crippen LogP contribution in [0.25, 0.3) is 0 Å². The van der Waals surface area contributed by atoms with Gasteiger partial charge in [0.05, 0.1) is 17.1 Å². The van der Waals surface area contributed by atoms with Crippen molar-refractivity contribution in [1.82, 2.24) is 4.98 Å². The van der Waals surface area contributed by atoms with Crippen LogP contribution in [0.2, 0.25) is 0 Å². The van der Waals surface area contributed by atoms with E-state index in [2.05, 4.69) is 22.5 Å². The molecule has 116 valence electrons. The first-order valence-corrected chi connectivity index (χ1v) is 7.79. The van der Waals surface area contributed by atoms with Crippen molar-refractivity contribution in [2.24, 2.45) is 5.92 Å². The van der Waals surface area contributed by atoms with E-state index in [9.17, 15) is 10.1 Å². The lowest BCUT2D eigenvalue weighted by molar-refractivity contribution is -0.384. The molecule has 6 nitrogen and oxygen atoms in total. The van der Waals surface area contributed by atoms with Gasteiger partial charge >= 0.3 is 0 Å². The van der Waals surface area contributed by atoms with Gasteiger partial charge in [0.25, 0.3) is 5.69 Å².